The molecule has 0 bridgehead atoms. The predicted octanol–water partition coefficient (Wildman–Crippen LogP) is 4.27. The largest absolute Gasteiger partial charge is 0.453 e. The smallest absolute Gasteiger partial charge is 0.423 e. The van der Waals surface area contributed by atoms with Gasteiger partial charge in [0.15, 0.2) is 0 Å². The van der Waals surface area contributed by atoms with Crippen molar-refractivity contribution in [2.45, 2.75) is 26.2 Å². The maximum absolute atomic E-state index is 6.55. The zero-order valence-corrected chi connectivity index (χ0v) is 17.8. The van der Waals surface area contributed by atoms with Crippen molar-refractivity contribution < 1.29 is 18.3 Å². The van der Waals surface area contributed by atoms with Crippen LogP contribution in [0.4, 0.5) is 0 Å². The van der Waals surface area contributed by atoms with Gasteiger partial charge < -0.3 is 18.3 Å². The van der Waals surface area contributed by atoms with E-state index in [1.165, 1.54) is 0 Å². The van der Waals surface area contributed by atoms with E-state index in [1.54, 1.807) is 0 Å². The molecule has 0 atom stereocenters. The maximum Gasteiger partial charge on any atom is 0.423 e. The average Bonchev–Trinajstić information content (AvgIpc) is 2.79. The predicted molar refractivity (Wildman–Crippen MR) is 114 cm³/mol. The van der Waals surface area contributed by atoms with Crippen molar-refractivity contribution in [3.63, 3.8) is 0 Å². The third-order valence-electron chi connectivity index (χ3n) is 4.84. The molecule has 3 aromatic rings. The van der Waals surface area contributed by atoms with Gasteiger partial charge in [0, 0.05) is 29.9 Å². The highest BCUT2D eigenvalue weighted by atomic mass is 28.3. The summed E-state index contributed by atoms with van der Waals surface area (Å²) in [5, 5.41) is 1.07. The molecule has 3 aromatic carbocycles. The molecule has 0 fully saturated rings. The van der Waals surface area contributed by atoms with Crippen LogP contribution in [0, 0.1) is 0 Å². The van der Waals surface area contributed by atoms with Gasteiger partial charge in [-0.25, -0.2) is 0 Å². The molecule has 0 N–H and O–H groups in total. The molecule has 5 heteroatoms. The summed E-state index contributed by atoms with van der Waals surface area (Å²) in [7, 11) is -1.50. The molecule has 0 aliphatic carbocycles. The first-order chi connectivity index (χ1) is 14.3. The molecular weight excluding hydrogens is 380 g/mol. The van der Waals surface area contributed by atoms with E-state index in [0.717, 1.165) is 27.6 Å². The molecule has 29 heavy (non-hydrogen) atoms. The number of benzene rings is 3. The number of ether oxygens (including phenoxy) is 2. The molecule has 1 aliphatic rings. The Labute approximate surface area is 173 Å². The monoisotopic (exact) mass is 405 g/mol. The fourth-order valence-electron chi connectivity index (χ4n) is 3.52. The third kappa shape index (κ3) is 4.00. The number of fused-ring (bicyclic) bond motifs is 1. The van der Waals surface area contributed by atoms with E-state index in [2.05, 4.69) is 6.07 Å². The molecule has 1 heterocycles. The standard InChI is InChI=1S/C24H25O4Si/c1-3-26-29(27-4-2)22-15-16-23-19(17-22)18-25-24(28-23,20-11-7-5-8-12-20)21-13-9-6-10-14-21/h5-17H,3-4,18H2,1-2H3. The Hall–Kier alpha value is -2.44. The lowest BCUT2D eigenvalue weighted by Gasteiger charge is -2.39. The minimum Gasteiger partial charge on any atom is -0.453 e. The lowest BCUT2D eigenvalue weighted by Crippen LogP contribution is -2.42. The van der Waals surface area contributed by atoms with Crippen LogP contribution in [0.2, 0.25) is 0 Å². The van der Waals surface area contributed by atoms with Crippen molar-refractivity contribution in [3.05, 3.63) is 95.6 Å². The van der Waals surface area contributed by atoms with Gasteiger partial charge >= 0.3 is 9.28 Å². The normalized spacial score (nSPS) is 15.0. The molecule has 149 valence electrons. The van der Waals surface area contributed by atoms with Gasteiger partial charge in [0.05, 0.1) is 6.61 Å². The molecular formula is C24H25O4Si. The van der Waals surface area contributed by atoms with E-state index in [9.17, 15) is 0 Å². The Kier molecular flexibility index (Phi) is 6.11. The topological polar surface area (TPSA) is 36.9 Å². The Balaban J connectivity index is 1.72. The quantitative estimate of drug-likeness (QED) is 0.550. The summed E-state index contributed by atoms with van der Waals surface area (Å²) < 4.78 is 24.7. The van der Waals surface area contributed by atoms with E-state index in [4.69, 9.17) is 18.3 Å². The summed E-state index contributed by atoms with van der Waals surface area (Å²) in [5.74, 6) is -0.146. The summed E-state index contributed by atoms with van der Waals surface area (Å²) in [6.07, 6.45) is 0. The van der Waals surface area contributed by atoms with Gasteiger partial charge in [0.25, 0.3) is 5.79 Å². The van der Waals surface area contributed by atoms with Crippen LogP contribution in [0.25, 0.3) is 0 Å². The fourth-order valence-corrected chi connectivity index (χ4v) is 4.97. The van der Waals surface area contributed by atoms with Gasteiger partial charge in [0.1, 0.15) is 5.75 Å². The van der Waals surface area contributed by atoms with E-state index in [0.29, 0.717) is 19.8 Å². The molecule has 1 aliphatic heterocycles. The van der Waals surface area contributed by atoms with Crippen molar-refractivity contribution in [1.82, 2.24) is 0 Å². The van der Waals surface area contributed by atoms with Gasteiger partial charge in [-0.1, -0.05) is 66.7 Å². The second-order valence-corrected chi connectivity index (χ2v) is 8.44. The fraction of sp³-hybridized carbons (Fsp3) is 0.250. The van der Waals surface area contributed by atoms with Crippen LogP contribution in [0.3, 0.4) is 0 Å². The van der Waals surface area contributed by atoms with E-state index >= 15 is 0 Å². The zero-order chi connectivity index (χ0) is 20.1. The second kappa shape index (κ2) is 8.92. The van der Waals surface area contributed by atoms with E-state index in [-0.39, 0.29) is 0 Å². The number of hydrogen-bond donors (Lipinski definition) is 0. The van der Waals surface area contributed by atoms with Crippen LogP contribution in [-0.2, 0) is 26.0 Å². The van der Waals surface area contributed by atoms with E-state index < -0.39 is 15.1 Å². The molecule has 0 amide bonds. The van der Waals surface area contributed by atoms with Gasteiger partial charge in [-0.05, 0) is 31.2 Å². The lowest BCUT2D eigenvalue weighted by atomic mass is 9.95. The van der Waals surface area contributed by atoms with Gasteiger partial charge in [-0.15, -0.1) is 0 Å². The van der Waals surface area contributed by atoms with Crippen molar-refractivity contribution in [2.75, 3.05) is 13.2 Å². The first kappa shape index (κ1) is 19.9. The van der Waals surface area contributed by atoms with Crippen LogP contribution >= 0.6 is 0 Å². The Morgan fingerprint density at radius 2 is 1.41 bits per heavy atom. The molecule has 0 unspecified atom stereocenters. The molecule has 0 saturated heterocycles. The molecule has 0 aromatic heterocycles. The third-order valence-corrected chi connectivity index (χ3v) is 6.72. The summed E-state index contributed by atoms with van der Waals surface area (Å²) in [6.45, 7) is 5.68. The zero-order valence-electron chi connectivity index (χ0n) is 16.8. The minimum absolute atomic E-state index is 0.445. The van der Waals surface area contributed by atoms with Crippen molar-refractivity contribution >= 4 is 14.5 Å². The summed E-state index contributed by atoms with van der Waals surface area (Å²) >= 11 is 0. The van der Waals surface area contributed by atoms with Crippen LogP contribution in [0.1, 0.15) is 30.5 Å². The average molecular weight is 406 g/mol. The number of hydrogen-bond acceptors (Lipinski definition) is 4. The first-order valence-corrected chi connectivity index (χ1v) is 11.3. The van der Waals surface area contributed by atoms with Gasteiger partial charge in [0.2, 0.25) is 0 Å². The summed E-state index contributed by atoms with van der Waals surface area (Å²) in [6, 6.07) is 26.3. The lowest BCUT2D eigenvalue weighted by molar-refractivity contribution is -0.184. The SMILES string of the molecule is CCO[Si](OCC)c1ccc2c(c1)COC(c1ccccc1)(c1ccccc1)O2. The molecule has 4 nitrogen and oxygen atoms in total. The minimum atomic E-state index is -1.50. The molecule has 0 spiro atoms. The van der Waals surface area contributed by atoms with Crippen LogP contribution < -0.4 is 9.92 Å². The molecule has 0 saturated carbocycles. The van der Waals surface area contributed by atoms with Crippen LogP contribution in [-0.4, -0.2) is 22.5 Å². The molecule has 1 radical (unpaired) electrons. The Morgan fingerprint density at radius 1 is 0.828 bits per heavy atom. The van der Waals surface area contributed by atoms with Crippen molar-refractivity contribution in [2.24, 2.45) is 0 Å². The van der Waals surface area contributed by atoms with Crippen molar-refractivity contribution in [3.8, 4) is 5.75 Å². The summed E-state index contributed by atoms with van der Waals surface area (Å²) in [5.41, 5.74) is 2.94. The number of rotatable bonds is 7. The second-order valence-electron chi connectivity index (χ2n) is 6.72. The highest BCUT2D eigenvalue weighted by Gasteiger charge is 2.41. The Morgan fingerprint density at radius 3 is 1.97 bits per heavy atom. The molecule has 4 rings (SSSR count). The van der Waals surface area contributed by atoms with Gasteiger partial charge in [-0.2, -0.15) is 0 Å². The highest BCUT2D eigenvalue weighted by Crippen LogP contribution is 2.41. The van der Waals surface area contributed by atoms with Crippen molar-refractivity contribution in [1.29, 1.82) is 0 Å². The van der Waals surface area contributed by atoms with Crippen LogP contribution in [0.5, 0.6) is 5.75 Å². The highest BCUT2D eigenvalue weighted by molar-refractivity contribution is 6.61. The maximum atomic E-state index is 6.55. The van der Waals surface area contributed by atoms with Crippen LogP contribution in [0.15, 0.2) is 78.9 Å². The van der Waals surface area contributed by atoms with E-state index in [1.807, 2.05) is 86.6 Å². The van der Waals surface area contributed by atoms with Gasteiger partial charge in [-0.3, -0.25) is 0 Å². The first-order valence-electron chi connectivity index (χ1n) is 9.96. The Bertz CT molecular complexity index is 885. The summed E-state index contributed by atoms with van der Waals surface area (Å²) in [4.78, 5) is 0.